The van der Waals surface area contributed by atoms with Crippen LogP contribution in [0.25, 0.3) is 0 Å². The van der Waals surface area contributed by atoms with Crippen LogP contribution in [0.4, 0.5) is 0 Å². The summed E-state index contributed by atoms with van der Waals surface area (Å²) in [6.45, 7) is 6.54. The molecule has 0 aromatic rings. The van der Waals surface area contributed by atoms with Gasteiger partial charge in [-0.3, -0.25) is 4.99 Å². The van der Waals surface area contributed by atoms with Gasteiger partial charge in [-0.15, -0.1) is 0 Å². The van der Waals surface area contributed by atoms with Crippen LogP contribution in [0.15, 0.2) is 40.6 Å². The van der Waals surface area contributed by atoms with Gasteiger partial charge in [-0.05, 0) is 31.4 Å². The summed E-state index contributed by atoms with van der Waals surface area (Å²) in [6, 6.07) is 0. The molecule has 0 unspecified atom stereocenters. The molecule has 2 rings (SSSR count). The van der Waals surface area contributed by atoms with Crippen LogP contribution >= 0.6 is 0 Å². The van der Waals surface area contributed by atoms with Crippen molar-refractivity contribution in [1.29, 1.82) is 0 Å². The third-order valence-electron chi connectivity index (χ3n) is 2.78. The standard InChI is InChI=1S/C13H17N/c1-10-4-5-11-6-8-13(2,3)9-7-12(11)14-10/h6-9H,4-5H2,1-3H3. The third-order valence-corrected chi connectivity index (χ3v) is 2.78. The Hall–Kier alpha value is -1.11. The van der Waals surface area contributed by atoms with E-state index in [1.165, 1.54) is 11.3 Å². The highest BCUT2D eigenvalue weighted by Gasteiger charge is 2.16. The van der Waals surface area contributed by atoms with E-state index in [2.05, 4.69) is 50.1 Å². The van der Waals surface area contributed by atoms with Crippen molar-refractivity contribution in [2.45, 2.75) is 33.6 Å². The molecule has 1 heteroatoms. The average Bonchev–Trinajstić information content (AvgIpc) is 2.26. The monoisotopic (exact) mass is 187 g/mol. The van der Waals surface area contributed by atoms with Gasteiger partial charge in [0, 0.05) is 11.1 Å². The van der Waals surface area contributed by atoms with Crippen LogP contribution in [0.2, 0.25) is 0 Å². The second-order valence-corrected chi connectivity index (χ2v) is 4.75. The van der Waals surface area contributed by atoms with E-state index in [9.17, 15) is 0 Å². The summed E-state index contributed by atoms with van der Waals surface area (Å²) in [5.41, 5.74) is 3.97. The SMILES string of the molecule is CC1=NC2=C(C=CC(C)(C)C=C2)CC1. The van der Waals surface area contributed by atoms with Gasteiger partial charge in [0.05, 0.1) is 5.70 Å². The van der Waals surface area contributed by atoms with Crippen LogP contribution in [0.1, 0.15) is 33.6 Å². The van der Waals surface area contributed by atoms with Crippen molar-refractivity contribution in [2.24, 2.45) is 10.4 Å². The molecule has 0 saturated carbocycles. The molecule has 0 spiro atoms. The highest BCUT2D eigenvalue weighted by atomic mass is 14.8. The lowest BCUT2D eigenvalue weighted by molar-refractivity contribution is 0.626. The van der Waals surface area contributed by atoms with E-state index in [1.807, 2.05) is 0 Å². The quantitative estimate of drug-likeness (QED) is 0.549. The van der Waals surface area contributed by atoms with E-state index >= 15 is 0 Å². The summed E-state index contributed by atoms with van der Waals surface area (Å²) in [4.78, 5) is 4.59. The fourth-order valence-corrected chi connectivity index (χ4v) is 1.75. The zero-order chi connectivity index (χ0) is 10.2. The van der Waals surface area contributed by atoms with E-state index in [0.717, 1.165) is 18.5 Å². The van der Waals surface area contributed by atoms with Gasteiger partial charge in [0.15, 0.2) is 0 Å². The maximum absolute atomic E-state index is 4.59. The van der Waals surface area contributed by atoms with Gasteiger partial charge in [0.25, 0.3) is 0 Å². The number of allylic oxidation sites excluding steroid dienone is 5. The zero-order valence-corrected chi connectivity index (χ0v) is 9.17. The summed E-state index contributed by atoms with van der Waals surface area (Å²) in [6.07, 6.45) is 11.2. The summed E-state index contributed by atoms with van der Waals surface area (Å²) >= 11 is 0. The van der Waals surface area contributed by atoms with Crippen LogP contribution < -0.4 is 0 Å². The second kappa shape index (κ2) is 3.23. The van der Waals surface area contributed by atoms with Crippen molar-refractivity contribution in [2.75, 3.05) is 0 Å². The number of rotatable bonds is 0. The Balaban J connectivity index is 2.40. The van der Waals surface area contributed by atoms with Crippen molar-refractivity contribution in [3.05, 3.63) is 35.6 Å². The highest BCUT2D eigenvalue weighted by molar-refractivity contribution is 5.84. The van der Waals surface area contributed by atoms with Gasteiger partial charge >= 0.3 is 0 Å². The van der Waals surface area contributed by atoms with Gasteiger partial charge < -0.3 is 0 Å². The molecule has 0 fully saturated rings. The Morgan fingerprint density at radius 1 is 1.14 bits per heavy atom. The maximum atomic E-state index is 4.59. The molecular weight excluding hydrogens is 170 g/mol. The lowest BCUT2D eigenvalue weighted by Gasteiger charge is -2.12. The average molecular weight is 187 g/mol. The Morgan fingerprint density at radius 2 is 1.86 bits per heavy atom. The molecule has 0 N–H and O–H groups in total. The first-order valence-electron chi connectivity index (χ1n) is 5.23. The van der Waals surface area contributed by atoms with E-state index < -0.39 is 0 Å². The summed E-state index contributed by atoms with van der Waals surface area (Å²) in [5.74, 6) is 0. The molecule has 0 amide bonds. The number of nitrogens with zero attached hydrogens (tertiary/aromatic N) is 1. The van der Waals surface area contributed by atoms with Crippen LogP contribution in [-0.4, -0.2) is 5.71 Å². The van der Waals surface area contributed by atoms with Crippen LogP contribution in [0, 0.1) is 5.41 Å². The van der Waals surface area contributed by atoms with E-state index in [0.29, 0.717) is 0 Å². The fraction of sp³-hybridized carbons (Fsp3) is 0.462. The highest BCUT2D eigenvalue weighted by Crippen LogP contribution is 2.29. The lowest BCUT2D eigenvalue weighted by Crippen LogP contribution is -2.00. The molecule has 1 aliphatic carbocycles. The van der Waals surface area contributed by atoms with Gasteiger partial charge in [-0.1, -0.05) is 32.1 Å². The molecule has 0 aromatic heterocycles. The molecule has 1 nitrogen and oxygen atoms in total. The molecule has 1 heterocycles. The van der Waals surface area contributed by atoms with Gasteiger partial charge in [-0.2, -0.15) is 0 Å². The van der Waals surface area contributed by atoms with Crippen molar-refractivity contribution in [3.63, 3.8) is 0 Å². The Kier molecular flexibility index (Phi) is 2.18. The molecule has 2 aliphatic rings. The van der Waals surface area contributed by atoms with Crippen LogP contribution in [0.3, 0.4) is 0 Å². The fourth-order valence-electron chi connectivity index (χ4n) is 1.75. The van der Waals surface area contributed by atoms with Gasteiger partial charge in [0.1, 0.15) is 0 Å². The van der Waals surface area contributed by atoms with Crippen LogP contribution in [0.5, 0.6) is 0 Å². The number of aliphatic imine (C=N–C) groups is 1. The van der Waals surface area contributed by atoms with Crippen molar-refractivity contribution in [3.8, 4) is 0 Å². The first-order chi connectivity index (χ1) is 6.57. The molecule has 0 atom stereocenters. The minimum atomic E-state index is 0.167. The predicted molar refractivity (Wildman–Crippen MR) is 61.4 cm³/mol. The van der Waals surface area contributed by atoms with Gasteiger partial charge in [-0.25, -0.2) is 0 Å². The number of hydrogen-bond donors (Lipinski definition) is 0. The maximum Gasteiger partial charge on any atom is 0.0658 e. The lowest BCUT2D eigenvalue weighted by atomic mass is 9.93. The first kappa shape index (κ1) is 9.45. The minimum absolute atomic E-state index is 0.167. The molecule has 0 radical (unpaired) electrons. The first-order valence-corrected chi connectivity index (χ1v) is 5.23. The second-order valence-electron chi connectivity index (χ2n) is 4.75. The third kappa shape index (κ3) is 1.87. The van der Waals surface area contributed by atoms with Crippen molar-refractivity contribution >= 4 is 5.71 Å². The Morgan fingerprint density at radius 3 is 2.64 bits per heavy atom. The molecule has 74 valence electrons. The van der Waals surface area contributed by atoms with E-state index in [-0.39, 0.29) is 5.41 Å². The topological polar surface area (TPSA) is 12.4 Å². The summed E-state index contributed by atoms with van der Waals surface area (Å²) in [7, 11) is 0. The molecule has 14 heavy (non-hydrogen) atoms. The molecule has 0 bridgehead atoms. The Bertz CT molecular complexity index is 365. The van der Waals surface area contributed by atoms with Crippen molar-refractivity contribution < 1.29 is 0 Å². The van der Waals surface area contributed by atoms with Crippen molar-refractivity contribution in [1.82, 2.24) is 0 Å². The summed E-state index contributed by atoms with van der Waals surface area (Å²) < 4.78 is 0. The molecule has 0 aromatic carbocycles. The Labute approximate surface area is 85.9 Å². The zero-order valence-electron chi connectivity index (χ0n) is 9.17. The largest absolute Gasteiger partial charge is 0.258 e. The number of hydrogen-bond acceptors (Lipinski definition) is 1. The smallest absolute Gasteiger partial charge is 0.0658 e. The predicted octanol–water partition coefficient (Wildman–Crippen LogP) is 3.65. The molecular formula is C13H17N. The summed E-state index contributed by atoms with van der Waals surface area (Å²) in [5, 5.41) is 0. The molecule has 0 saturated heterocycles. The van der Waals surface area contributed by atoms with Crippen LogP contribution in [-0.2, 0) is 0 Å². The van der Waals surface area contributed by atoms with E-state index in [4.69, 9.17) is 0 Å². The minimum Gasteiger partial charge on any atom is -0.258 e. The normalized spacial score (nSPS) is 24.4. The van der Waals surface area contributed by atoms with Gasteiger partial charge in [0.2, 0.25) is 0 Å². The van der Waals surface area contributed by atoms with E-state index in [1.54, 1.807) is 0 Å². The molecule has 1 aliphatic heterocycles.